The molecule has 1 atom stereocenters. The van der Waals surface area contributed by atoms with Crippen molar-refractivity contribution in [2.75, 3.05) is 49.5 Å². The number of amides is 1. The van der Waals surface area contributed by atoms with Gasteiger partial charge in [-0.05, 0) is 51.0 Å². The van der Waals surface area contributed by atoms with Gasteiger partial charge >= 0.3 is 0 Å². The minimum absolute atomic E-state index is 0.233. The summed E-state index contributed by atoms with van der Waals surface area (Å²) in [7, 11) is 0. The van der Waals surface area contributed by atoms with E-state index >= 15 is 0 Å². The Labute approximate surface area is 206 Å². The zero-order valence-corrected chi connectivity index (χ0v) is 21.6. The van der Waals surface area contributed by atoms with E-state index < -0.39 is 0 Å². The number of carbonyl (C=O) groups is 1. The minimum atomic E-state index is 0.233. The Kier molecular flexibility index (Phi) is 9.42. The quantitative estimate of drug-likeness (QED) is 0.571. The summed E-state index contributed by atoms with van der Waals surface area (Å²) in [6.45, 7) is 10.6. The molecule has 3 saturated heterocycles. The number of hydrogen-bond donors (Lipinski definition) is 1. The van der Waals surface area contributed by atoms with Gasteiger partial charge < -0.3 is 15.1 Å². The fourth-order valence-electron chi connectivity index (χ4n) is 6.11. The molecular formula is C27H46N6O. The Morgan fingerprint density at radius 1 is 1.00 bits per heavy atom. The first-order chi connectivity index (χ1) is 16.7. The number of carbonyl (C=O) groups excluding carboxylic acids is 1. The highest BCUT2D eigenvalue weighted by Gasteiger charge is 2.33. The Hall–Kier alpha value is -1.89. The van der Waals surface area contributed by atoms with E-state index in [9.17, 15) is 4.79 Å². The molecule has 0 saturated carbocycles. The molecule has 0 aromatic carbocycles. The third-order valence-electron chi connectivity index (χ3n) is 8.04. The lowest BCUT2D eigenvalue weighted by Gasteiger charge is -2.38. The van der Waals surface area contributed by atoms with Crippen LogP contribution in [0.2, 0.25) is 0 Å². The highest BCUT2D eigenvalue weighted by atomic mass is 16.2. The van der Waals surface area contributed by atoms with Crippen LogP contribution < -0.4 is 10.2 Å². The maximum absolute atomic E-state index is 13.0. The summed E-state index contributed by atoms with van der Waals surface area (Å²) in [5.74, 6) is 2.48. The summed E-state index contributed by atoms with van der Waals surface area (Å²) < 4.78 is 0. The van der Waals surface area contributed by atoms with Crippen molar-refractivity contribution >= 4 is 17.7 Å². The number of aromatic nitrogens is 2. The van der Waals surface area contributed by atoms with Crippen LogP contribution in [0.1, 0.15) is 84.5 Å². The second-order valence-electron chi connectivity index (χ2n) is 10.6. The standard InChI is InChI=1S/C27H46N6O/c1-3-9-22(10-4-2)26(34)32-19-13-24(14-20-32)33-18-12-23(21-33)29-27-28-15-11-25(30-27)31-16-7-5-6-8-17-31/h11,15,22-24H,3-10,12-14,16-21H2,1-2H3,(H,28,29,30). The normalized spacial score (nSPS) is 22.9. The number of likely N-dealkylation sites (tertiary alicyclic amines) is 2. The van der Waals surface area contributed by atoms with Crippen LogP contribution in [0.15, 0.2) is 12.3 Å². The average Bonchev–Trinajstić information content (AvgIpc) is 3.15. The van der Waals surface area contributed by atoms with Crippen LogP contribution in [0.4, 0.5) is 11.8 Å². The molecule has 4 heterocycles. The van der Waals surface area contributed by atoms with Crippen molar-refractivity contribution in [1.82, 2.24) is 19.8 Å². The molecule has 3 aliphatic heterocycles. The predicted octanol–water partition coefficient (Wildman–Crippen LogP) is 4.55. The van der Waals surface area contributed by atoms with Crippen LogP contribution in [-0.2, 0) is 4.79 Å². The lowest BCUT2D eigenvalue weighted by Crippen LogP contribution is -2.48. The molecule has 3 aliphatic rings. The van der Waals surface area contributed by atoms with Gasteiger partial charge in [0.1, 0.15) is 5.82 Å². The molecule has 0 aliphatic carbocycles. The van der Waals surface area contributed by atoms with Gasteiger partial charge in [-0.1, -0.05) is 39.5 Å². The predicted molar refractivity (Wildman–Crippen MR) is 139 cm³/mol. The number of nitrogens with zero attached hydrogens (tertiary/aromatic N) is 5. The number of rotatable bonds is 9. The zero-order valence-electron chi connectivity index (χ0n) is 21.6. The van der Waals surface area contributed by atoms with Crippen molar-refractivity contribution in [2.24, 2.45) is 5.92 Å². The SMILES string of the molecule is CCCC(CCC)C(=O)N1CCC(N2CCC(Nc3nccc(N4CCCCCC4)n3)C2)CC1. The first-order valence-corrected chi connectivity index (χ1v) is 14.0. The maximum Gasteiger partial charge on any atom is 0.225 e. The molecule has 0 bridgehead atoms. The van der Waals surface area contributed by atoms with Crippen LogP contribution in [0.3, 0.4) is 0 Å². The topological polar surface area (TPSA) is 64.6 Å². The Bertz CT molecular complexity index is 751. The van der Waals surface area contributed by atoms with E-state index in [0.717, 1.165) is 96.0 Å². The van der Waals surface area contributed by atoms with Crippen LogP contribution >= 0.6 is 0 Å². The molecule has 7 nitrogen and oxygen atoms in total. The van der Waals surface area contributed by atoms with E-state index in [1.165, 1.54) is 25.7 Å². The van der Waals surface area contributed by atoms with Gasteiger partial charge in [0.2, 0.25) is 11.9 Å². The molecule has 3 fully saturated rings. The number of nitrogens with one attached hydrogen (secondary N) is 1. The third kappa shape index (κ3) is 6.61. The molecule has 34 heavy (non-hydrogen) atoms. The highest BCUT2D eigenvalue weighted by Crippen LogP contribution is 2.26. The van der Waals surface area contributed by atoms with Gasteiger partial charge in [-0.3, -0.25) is 9.69 Å². The minimum Gasteiger partial charge on any atom is -0.356 e. The largest absolute Gasteiger partial charge is 0.356 e. The number of anilines is 2. The smallest absolute Gasteiger partial charge is 0.225 e. The van der Waals surface area contributed by atoms with E-state index in [1.807, 2.05) is 6.20 Å². The Balaban J connectivity index is 1.24. The summed E-state index contributed by atoms with van der Waals surface area (Å²) in [4.78, 5) is 29.6. The van der Waals surface area contributed by atoms with E-state index in [4.69, 9.17) is 4.98 Å². The summed E-state index contributed by atoms with van der Waals surface area (Å²) in [5.41, 5.74) is 0. The van der Waals surface area contributed by atoms with Gasteiger partial charge in [-0.2, -0.15) is 4.98 Å². The van der Waals surface area contributed by atoms with Crippen molar-refractivity contribution in [3.8, 4) is 0 Å². The first kappa shape index (κ1) is 25.2. The molecule has 1 amide bonds. The molecule has 7 heteroatoms. The Morgan fingerprint density at radius 2 is 1.71 bits per heavy atom. The fourth-order valence-corrected chi connectivity index (χ4v) is 6.11. The average molecular weight is 471 g/mol. The molecule has 4 rings (SSSR count). The van der Waals surface area contributed by atoms with Crippen molar-refractivity contribution in [2.45, 2.75) is 96.6 Å². The van der Waals surface area contributed by atoms with Gasteiger partial charge in [0, 0.05) is 63.5 Å². The lowest BCUT2D eigenvalue weighted by atomic mass is 9.94. The molecule has 0 spiro atoms. The van der Waals surface area contributed by atoms with Gasteiger partial charge in [-0.15, -0.1) is 0 Å². The summed E-state index contributed by atoms with van der Waals surface area (Å²) >= 11 is 0. The third-order valence-corrected chi connectivity index (χ3v) is 8.04. The second kappa shape index (κ2) is 12.7. The van der Waals surface area contributed by atoms with Gasteiger partial charge in [-0.25, -0.2) is 4.98 Å². The van der Waals surface area contributed by atoms with Crippen molar-refractivity contribution in [3.63, 3.8) is 0 Å². The van der Waals surface area contributed by atoms with Crippen LogP contribution in [0.25, 0.3) is 0 Å². The molecule has 0 radical (unpaired) electrons. The lowest BCUT2D eigenvalue weighted by molar-refractivity contribution is -0.137. The second-order valence-corrected chi connectivity index (χ2v) is 10.6. The van der Waals surface area contributed by atoms with E-state index in [1.54, 1.807) is 0 Å². The van der Waals surface area contributed by atoms with E-state index in [0.29, 0.717) is 18.0 Å². The first-order valence-electron chi connectivity index (χ1n) is 14.0. The molecule has 190 valence electrons. The molecule has 1 aromatic rings. The molecule has 1 aromatic heterocycles. The van der Waals surface area contributed by atoms with Gasteiger partial charge in [0.05, 0.1) is 0 Å². The van der Waals surface area contributed by atoms with Gasteiger partial charge in [0.25, 0.3) is 0 Å². The molecule has 1 N–H and O–H groups in total. The van der Waals surface area contributed by atoms with E-state index in [2.05, 4.69) is 44.9 Å². The zero-order chi connectivity index (χ0) is 23.8. The summed E-state index contributed by atoms with van der Waals surface area (Å²) in [5, 5.41) is 3.62. The van der Waals surface area contributed by atoms with Crippen molar-refractivity contribution in [3.05, 3.63) is 12.3 Å². The summed E-state index contributed by atoms with van der Waals surface area (Å²) in [6, 6.07) is 3.05. The number of hydrogen-bond acceptors (Lipinski definition) is 6. The van der Waals surface area contributed by atoms with Crippen LogP contribution in [0.5, 0.6) is 0 Å². The molecule has 1 unspecified atom stereocenters. The summed E-state index contributed by atoms with van der Waals surface area (Å²) in [6.07, 6.45) is 14.7. The van der Waals surface area contributed by atoms with Crippen molar-refractivity contribution < 1.29 is 4.79 Å². The van der Waals surface area contributed by atoms with E-state index in [-0.39, 0.29) is 5.92 Å². The van der Waals surface area contributed by atoms with Gasteiger partial charge in [0.15, 0.2) is 0 Å². The van der Waals surface area contributed by atoms with Crippen LogP contribution in [-0.4, -0.2) is 77.0 Å². The maximum atomic E-state index is 13.0. The highest BCUT2D eigenvalue weighted by molar-refractivity contribution is 5.78. The Morgan fingerprint density at radius 3 is 2.38 bits per heavy atom. The molecular weight excluding hydrogens is 424 g/mol. The number of piperidine rings is 1. The van der Waals surface area contributed by atoms with Crippen LogP contribution in [0, 0.1) is 5.92 Å². The monoisotopic (exact) mass is 470 g/mol. The van der Waals surface area contributed by atoms with Crippen molar-refractivity contribution in [1.29, 1.82) is 0 Å². The fraction of sp³-hybridized carbons (Fsp3) is 0.815.